The molecule has 10 heteroatoms. The number of hydrogen-bond donors (Lipinski definition) is 1. The number of likely N-dealkylation sites (tertiary alicyclic amines) is 1. The summed E-state index contributed by atoms with van der Waals surface area (Å²) in [5.41, 5.74) is -1.82. The molecule has 37 heavy (non-hydrogen) atoms. The Morgan fingerprint density at radius 1 is 1.05 bits per heavy atom. The Labute approximate surface area is 215 Å². The third kappa shape index (κ3) is 7.60. The lowest BCUT2D eigenvalue weighted by Crippen LogP contribution is -2.54. The Morgan fingerprint density at radius 2 is 1.73 bits per heavy atom. The zero-order valence-corrected chi connectivity index (χ0v) is 21.8. The number of hydrogen-bond acceptors (Lipinski definition) is 5. The molecule has 202 valence electrons. The molecule has 2 amide bonds. The van der Waals surface area contributed by atoms with Crippen molar-refractivity contribution in [3.8, 4) is 5.88 Å². The molecule has 1 aromatic carbocycles. The lowest BCUT2D eigenvalue weighted by atomic mass is 9.84. The molecule has 0 spiro atoms. The van der Waals surface area contributed by atoms with Crippen molar-refractivity contribution in [1.82, 2.24) is 15.2 Å². The Morgan fingerprint density at radius 3 is 2.35 bits per heavy atom. The van der Waals surface area contributed by atoms with Gasteiger partial charge in [0.1, 0.15) is 17.8 Å². The van der Waals surface area contributed by atoms with Crippen molar-refractivity contribution in [2.75, 3.05) is 19.7 Å². The minimum Gasteiger partial charge on any atom is -0.476 e. The standard InChI is InChI=1S/C27H34F3N3O4/c1-25(2,3)37-24(35)33-15-13-21(19(16-33)18-10-7-6-8-11-18)32-23(34)26(4,5)17-36-22-20(27(28,29)30)12-9-14-31-22/h6-12,14,19,21H,13,15-17H2,1-5H3,(H,32,34)/t19-,21+/m0/s1. The fourth-order valence-electron chi connectivity index (χ4n) is 4.05. The van der Waals surface area contributed by atoms with E-state index in [1.807, 2.05) is 30.3 Å². The summed E-state index contributed by atoms with van der Waals surface area (Å²) in [5, 5.41) is 3.06. The highest BCUT2D eigenvalue weighted by Gasteiger charge is 2.39. The number of carbonyl (C=O) groups excluding carboxylic acids is 2. The van der Waals surface area contributed by atoms with Gasteiger partial charge in [-0.2, -0.15) is 13.2 Å². The number of piperidine rings is 1. The summed E-state index contributed by atoms with van der Waals surface area (Å²) in [6, 6.07) is 11.3. The van der Waals surface area contributed by atoms with Crippen LogP contribution in [-0.4, -0.2) is 53.2 Å². The average Bonchev–Trinajstić information content (AvgIpc) is 2.82. The van der Waals surface area contributed by atoms with Gasteiger partial charge in [0.2, 0.25) is 11.8 Å². The second-order valence-electron chi connectivity index (χ2n) is 10.8. The van der Waals surface area contributed by atoms with Gasteiger partial charge in [-0.25, -0.2) is 9.78 Å². The molecule has 0 unspecified atom stereocenters. The number of amides is 2. The molecule has 0 radical (unpaired) electrons. The summed E-state index contributed by atoms with van der Waals surface area (Å²) in [6.07, 6.45) is -3.34. The minimum atomic E-state index is -4.62. The molecule has 1 fully saturated rings. The van der Waals surface area contributed by atoms with E-state index in [1.165, 1.54) is 12.3 Å². The van der Waals surface area contributed by atoms with Crippen molar-refractivity contribution in [1.29, 1.82) is 0 Å². The van der Waals surface area contributed by atoms with E-state index in [9.17, 15) is 22.8 Å². The molecule has 0 bridgehead atoms. The van der Waals surface area contributed by atoms with Gasteiger partial charge in [-0.3, -0.25) is 4.79 Å². The summed E-state index contributed by atoms with van der Waals surface area (Å²) >= 11 is 0. The van der Waals surface area contributed by atoms with Crippen LogP contribution in [0.2, 0.25) is 0 Å². The number of nitrogens with one attached hydrogen (secondary N) is 1. The maximum absolute atomic E-state index is 13.3. The zero-order chi connectivity index (χ0) is 27.4. The first kappa shape index (κ1) is 28.3. The topological polar surface area (TPSA) is 80.8 Å². The monoisotopic (exact) mass is 521 g/mol. The quantitative estimate of drug-likeness (QED) is 0.550. The van der Waals surface area contributed by atoms with Gasteiger partial charge in [0.25, 0.3) is 0 Å². The van der Waals surface area contributed by atoms with E-state index in [0.29, 0.717) is 19.5 Å². The summed E-state index contributed by atoms with van der Waals surface area (Å²) in [5.74, 6) is -1.13. The van der Waals surface area contributed by atoms with Crippen LogP contribution in [0, 0.1) is 5.41 Å². The number of ether oxygens (including phenoxy) is 2. The van der Waals surface area contributed by atoms with Crippen molar-refractivity contribution in [3.05, 3.63) is 59.8 Å². The molecule has 3 rings (SSSR count). The number of benzene rings is 1. The number of carbonyl (C=O) groups is 2. The molecular formula is C27H34F3N3O4. The average molecular weight is 522 g/mol. The predicted octanol–water partition coefficient (Wildman–Crippen LogP) is 5.41. The van der Waals surface area contributed by atoms with Gasteiger partial charge >= 0.3 is 12.3 Å². The first-order chi connectivity index (χ1) is 17.2. The molecule has 1 aromatic heterocycles. The second-order valence-corrected chi connectivity index (χ2v) is 10.8. The van der Waals surface area contributed by atoms with Crippen LogP contribution >= 0.6 is 0 Å². The first-order valence-corrected chi connectivity index (χ1v) is 12.2. The van der Waals surface area contributed by atoms with E-state index in [1.54, 1.807) is 39.5 Å². The largest absolute Gasteiger partial charge is 0.476 e. The van der Waals surface area contributed by atoms with Crippen molar-refractivity contribution in [2.45, 2.75) is 64.8 Å². The van der Waals surface area contributed by atoms with E-state index in [-0.39, 0.29) is 24.5 Å². The normalized spacial score (nSPS) is 18.8. The fourth-order valence-corrected chi connectivity index (χ4v) is 4.05. The van der Waals surface area contributed by atoms with Gasteiger partial charge < -0.3 is 19.7 Å². The highest BCUT2D eigenvalue weighted by atomic mass is 19.4. The van der Waals surface area contributed by atoms with Gasteiger partial charge in [0.05, 0.1) is 5.41 Å². The molecule has 2 heterocycles. The van der Waals surface area contributed by atoms with Gasteiger partial charge in [-0.15, -0.1) is 0 Å². The van der Waals surface area contributed by atoms with Crippen LogP contribution in [0.25, 0.3) is 0 Å². The molecule has 1 N–H and O–H groups in total. The van der Waals surface area contributed by atoms with E-state index in [0.717, 1.165) is 11.6 Å². The summed E-state index contributed by atoms with van der Waals surface area (Å²) in [4.78, 5) is 31.3. The van der Waals surface area contributed by atoms with E-state index >= 15 is 0 Å². The second kappa shape index (κ2) is 11.0. The summed E-state index contributed by atoms with van der Waals surface area (Å²) in [7, 11) is 0. The Kier molecular flexibility index (Phi) is 8.39. The number of pyridine rings is 1. The van der Waals surface area contributed by atoms with E-state index < -0.39 is 34.7 Å². The first-order valence-electron chi connectivity index (χ1n) is 12.2. The Balaban J connectivity index is 1.72. The molecule has 2 aromatic rings. The number of aromatic nitrogens is 1. The third-order valence-electron chi connectivity index (χ3n) is 6.07. The smallest absolute Gasteiger partial charge is 0.421 e. The molecule has 0 saturated carbocycles. The van der Waals surface area contributed by atoms with Gasteiger partial charge in [-0.05, 0) is 58.7 Å². The fraction of sp³-hybridized carbons (Fsp3) is 0.519. The van der Waals surface area contributed by atoms with Crippen molar-refractivity contribution >= 4 is 12.0 Å². The highest BCUT2D eigenvalue weighted by Crippen LogP contribution is 2.35. The number of nitrogens with zero attached hydrogens (tertiary/aromatic N) is 2. The molecule has 1 saturated heterocycles. The number of halogens is 3. The molecule has 7 nitrogen and oxygen atoms in total. The Hall–Kier alpha value is -3.30. The van der Waals surface area contributed by atoms with E-state index in [4.69, 9.17) is 9.47 Å². The third-order valence-corrected chi connectivity index (χ3v) is 6.07. The van der Waals surface area contributed by atoms with Crippen LogP contribution in [-0.2, 0) is 15.7 Å². The molecule has 1 aliphatic rings. The van der Waals surface area contributed by atoms with Crippen LogP contribution in [0.1, 0.15) is 58.1 Å². The predicted molar refractivity (Wildman–Crippen MR) is 132 cm³/mol. The van der Waals surface area contributed by atoms with Gasteiger partial charge in [0, 0.05) is 31.2 Å². The summed E-state index contributed by atoms with van der Waals surface area (Å²) in [6.45, 7) is 9.06. The van der Waals surface area contributed by atoms with Crippen LogP contribution in [0.15, 0.2) is 48.7 Å². The van der Waals surface area contributed by atoms with Crippen LogP contribution in [0.5, 0.6) is 5.88 Å². The SMILES string of the molecule is CC(C)(C)OC(=O)N1CC[C@@H](NC(=O)C(C)(C)COc2ncccc2C(F)(F)F)[C@H](c2ccccc2)C1. The van der Waals surface area contributed by atoms with Crippen LogP contribution < -0.4 is 10.1 Å². The van der Waals surface area contributed by atoms with Gasteiger partial charge in [-0.1, -0.05) is 30.3 Å². The summed E-state index contributed by atoms with van der Waals surface area (Å²) < 4.78 is 50.8. The Bertz CT molecular complexity index is 1080. The number of rotatable bonds is 6. The molecular weight excluding hydrogens is 487 g/mol. The van der Waals surface area contributed by atoms with E-state index in [2.05, 4.69) is 10.3 Å². The maximum Gasteiger partial charge on any atom is 0.421 e. The van der Waals surface area contributed by atoms with Crippen LogP contribution in [0.4, 0.5) is 18.0 Å². The molecule has 0 aliphatic carbocycles. The lowest BCUT2D eigenvalue weighted by molar-refractivity contribution is -0.139. The molecule has 1 aliphatic heterocycles. The maximum atomic E-state index is 13.3. The molecule has 2 atom stereocenters. The number of alkyl halides is 3. The van der Waals surface area contributed by atoms with Crippen molar-refractivity contribution < 1.29 is 32.2 Å². The zero-order valence-electron chi connectivity index (χ0n) is 21.8. The van der Waals surface area contributed by atoms with Gasteiger partial charge in [0.15, 0.2) is 0 Å². The highest BCUT2D eigenvalue weighted by molar-refractivity contribution is 5.82. The van der Waals surface area contributed by atoms with Crippen LogP contribution in [0.3, 0.4) is 0 Å². The minimum absolute atomic E-state index is 0.198. The lowest BCUT2D eigenvalue weighted by Gasteiger charge is -2.40. The van der Waals surface area contributed by atoms with Crippen molar-refractivity contribution in [3.63, 3.8) is 0 Å². The van der Waals surface area contributed by atoms with Crippen molar-refractivity contribution in [2.24, 2.45) is 5.41 Å².